The Morgan fingerprint density at radius 2 is 1.89 bits per heavy atom. The van der Waals surface area contributed by atoms with Gasteiger partial charge in [-0.05, 0) is 47.5 Å². The smallest absolute Gasteiger partial charge is 0.307 e. The average Bonchev–Trinajstić information content (AvgIpc) is 3.28. The first kappa shape index (κ1) is 25.3. The zero-order valence-corrected chi connectivity index (χ0v) is 20.7. The molecule has 0 atom stereocenters. The molecule has 4 rings (SSSR count). The molecule has 184 valence electrons. The van der Waals surface area contributed by atoms with Gasteiger partial charge in [0, 0.05) is 17.5 Å². The number of hydrogen-bond acceptors (Lipinski definition) is 7. The first-order valence-electron chi connectivity index (χ1n) is 10.2. The van der Waals surface area contributed by atoms with Crippen LogP contribution >= 0.6 is 34.8 Å². The Morgan fingerprint density at radius 1 is 1.08 bits per heavy atom. The third kappa shape index (κ3) is 5.71. The fourth-order valence-electron chi connectivity index (χ4n) is 3.22. The fourth-order valence-corrected chi connectivity index (χ4v) is 3.81. The molecule has 0 radical (unpaired) electrons. The summed E-state index contributed by atoms with van der Waals surface area (Å²) in [6.07, 6.45) is 1.36. The number of rotatable bonds is 8. The number of benzene rings is 3. The number of carbonyl (C=O) groups excluding carboxylic acids is 1. The molecule has 12 heteroatoms. The van der Waals surface area contributed by atoms with Gasteiger partial charge in [0.1, 0.15) is 12.2 Å². The van der Waals surface area contributed by atoms with E-state index < -0.39 is 10.8 Å². The maximum absolute atomic E-state index is 12.4. The summed E-state index contributed by atoms with van der Waals surface area (Å²) in [7, 11) is 1.46. The Hall–Kier alpha value is -3.79. The van der Waals surface area contributed by atoms with Gasteiger partial charge >= 0.3 is 5.91 Å². The molecule has 1 N–H and O–H groups in total. The SMILES string of the molecule is COc1cc(/C=N\NC(=O)c2cc3cc([N+](=O)[O-])ccc3o2)cc(Cl)c1OCc1ccc(Cl)c(Cl)c1. The van der Waals surface area contributed by atoms with Crippen molar-refractivity contribution in [3.63, 3.8) is 0 Å². The average molecular weight is 549 g/mol. The fraction of sp³-hybridized carbons (Fsp3) is 0.0833. The van der Waals surface area contributed by atoms with E-state index in [1.165, 1.54) is 37.6 Å². The van der Waals surface area contributed by atoms with Crippen LogP contribution in [0.2, 0.25) is 15.1 Å². The van der Waals surface area contributed by atoms with Gasteiger partial charge in [-0.2, -0.15) is 5.10 Å². The molecule has 0 unspecified atom stereocenters. The molecular weight excluding hydrogens is 533 g/mol. The van der Waals surface area contributed by atoms with Crippen molar-refractivity contribution < 1.29 is 23.6 Å². The van der Waals surface area contributed by atoms with Crippen LogP contribution in [-0.4, -0.2) is 24.2 Å². The topological polar surface area (TPSA) is 116 Å². The van der Waals surface area contributed by atoms with Crippen LogP contribution in [-0.2, 0) is 6.61 Å². The van der Waals surface area contributed by atoms with Crippen LogP contribution in [0, 0.1) is 10.1 Å². The van der Waals surface area contributed by atoms with Crippen LogP contribution < -0.4 is 14.9 Å². The standard InChI is InChI=1S/C24H16Cl3N3O6/c1-34-21-8-14(7-19(27)23(21)35-12-13-2-4-17(25)18(26)6-13)11-28-29-24(31)22-10-15-9-16(30(32)33)3-5-20(15)36-22/h2-11H,12H2,1H3,(H,29,31)/b28-11-. The number of nitro benzene ring substituents is 1. The summed E-state index contributed by atoms with van der Waals surface area (Å²) in [5.41, 5.74) is 3.88. The van der Waals surface area contributed by atoms with Gasteiger partial charge in [0.15, 0.2) is 17.3 Å². The van der Waals surface area contributed by atoms with Crippen molar-refractivity contribution in [3.8, 4) is 11.5 Å². The van der Waals surface area contributed by atoms with Gasteiger partial charge in [-0.3, -0.25) is 14.9 Å². The van der Waals surface area contributed by atoms with Crippen molar-refractivity contribution in [1.82, 2.24) is 5.43 Å². The van der Waals surface area contributed by atoms with E-state index in [0.717, 1.165) is 5.56 Å². The number of methoxy groups -OCH3 is 1. The molecule has 9 nitrogen and oxygen atoms in total. The highest BCUT2D eigenvalue weighted by Gasteiger charge is 2.15. The maximum Gasteiger partial charge on any atom is 0.307 e. The lowest BCUT2D eigenvalue weighted by atomic mass is 10.2. The number of fused-ring (bicyclic) bond motifs is 1. The molecule has 3 aromatic carbocycles. The molecule has 1 aromatic heterocycles. The summed E-state index contributed by atoms with van der Waals surface area (Å²) < 4.78 is 16.6. The van der Waals surface area contributed by atoms with Gasteiger partial charge in [0.05, 0.1) is 33.3 Å². The molecule has 36 heavy (non-hydrogen) atoms. The third-order valence-electron chi connectivity index (χ3n) is 4.93. The maximum atomic E-state index is 12.4. The number of nitrogens with zero attached hydrogens (tertiary/aromatic N) is 2. The van der Waals surface area contributed by atoms with Crippen molar-refractivity contribution in [1.29, 1.82) is 0 Å². The Labute approximate surface area is 219 Å². The lowest BCUT2D eigenvalue weighted by Gasteiger charge is -2.13. The molecule has 1 amide bonds. The third-order valence-corrected chi connectivity index (χ3v) is 5.95. The van der Waals surface area contributed by atoms with Crippen molar-refractivity contribution in [2.75, 3.05) is 7.11 Å². The van der Waals surface area contributed by atoms with Gasteiger partial charge in [-0.1, -0.05) is 40.9 Å². The van der Waals surface area contributed by atoms with E-state index in [2.05, 4.69) is 10.5 Å². The van der Waals surface area contributed by atoms with E-state index >= 15 is 0 Å². The minimum Gasteiger partial charge on any atom is -0.493 e. The summed E-state index contributed by atoms with van der Waals surface area (Å²) in [6.45, 7) is 0.178. The minimum absolute atomic E-state index is 0.0516. The van der Waals surface area contributed by atoms with Crippen molar-refractivity contribution in [2.24, 2.45) is 5.10 Å². The quantitative estimate of drug-likeness (QED) is 0.150. The summed E-state index contributed by atoms with van der Waals surface area (Å²) >= 11 is 18.4. The molecule has 0 aliphatic heterocycles. The molecule has 0 aliphatic rings. The van der Waals surface area contributed by atoms with Gasteiger partial charge in [0.25, 0.3) is 5.69 Å². The Bertz CT molecular complexity index is 1500. The van der Waals surface area contributed by atoms with Gasteiger partial charge in [-0.15, -0.1) is 0 Å². The normalized spacial score (nSPS) is 11.1. The van der Waals surface area contributed by atoms with Gasteiger partial charge < -0.3 is 13.9 Å². The van der Waals surface area contributed by atoms with Crippen LogP contribution in [0.25, 0.3) is 11.0 Å². The van der Waals surface area contributed by atoms with Crippen LogP contribution in [0.4, 0.5) is 5.69 Å². The minimum atomic E-state index is -0.634. The predicted octanol–water partition coefficient (Wildman–Crippen LogP) is 6.65. The molecule has 0 spiro atoms. The summed E-state index contributed by atoms with van der Waals surface area (Å²) in [5.74, 6) is -0.00827. The lowest BCUT2D eigenvalue weighted by Crippen LogP contribution is -2.16. The predicted molar refractivity (Wildman–Crippen MR) is 137 cm³/mol. The van der Waals surface area contributed by atoms with Gasteiger partial charge in [0.2, 0.25) is 0 Å². The van der Waals surface area contributed by atoms with E-state index in [0.29, 0.717) is 38.1 Å². The number of halogens is 3. The molecular formula is C24H16Cl3N3O6. The lowest BCUT2D eigenvalue weighted by molar-refractivity contribution is -0.384. The molecule has 0 saturated heterocycles. The number of non-ortho nitro benzene ring substituents is 1. The second-order valence-corrected chi connectivity index (χ2v) is 8.58. The highest BCUT2D eigenvalue weighted by molar-refractivity contribution is 6.42. The Balaban J connectivity index is 1.44. The van der Waals surface area contributed by atoms with Crippen LogP contribution in [0.5, 0.6) is 11.5 Å². The van der Waals surface area contributed by atoms with E-state index in [1.54, 1.807) is 30.3 Å². The highest BCUT2D eigenvalue weighted by atomic mass is 35.5. The number of ether oxygens (including phenoxy) is 2. The second-order valence-electron chi connectivity index (χ2n) is 7.36. The monoisotopic (exact) mass is 547 g/mol. The number of hydrogen-bond donors (Lipinski definition) is 1. The van der Waals surface area contributed by atoms with E-state index in [4.69, 9.17) is 48.7 Å². The zero-order chi connectivity index (χ0) is 25.8. The van der Waals surface area contributed by atoms with Crippen molar-refractivity contribution in [2.45, 2.75) is 6.61 Å². The summed E-state index contributed by atoms with van der Waals surface area (Å²) in [6, 6.07) is 13.8. The highest BCUT2D eigenvalue weighted by Crippen LogP contribution is 2.37. The second kappa shape index (κ2) is 10.9. The van der Waals surface area contributed by atoms with Crippen LogP contribution in [0.1, 0.15) is 21.7 Å². The van der Waals surface area contributed by atoms with Crippen molar-refractivity contribution in [3.05, 3.63) is 96.7 Å². The molecule has 0 fully saturated rings. The number of carbonyl (C=O) groups is 1. The number of amides is 1. The molecule has 0 aliphatic carbocycles. The van der Waals surface area contributed by atoms with E-state index in [-0.39, 0.29) is 23.1 Å². The Kier molecular flexibility index (Phi) is 7.64. The number of nitrogens with one attached hydrogen (secondary N) is 1. The van der Waals surface area contributed by atoms with Crippen molar-refractivity contribution >= 4 is 63.6 Å². The number of furan rings is 1. The first-order chi connectivity index (χ1) is 17.2. The van der Waals surface area contributed by atoms with Gasteiger partial charge in [-0.25, -0.2) is 5.43 Å². The Morgan fingerprint density at radius 3 is 2.61 bits per heavy atom. The first-order valence-corrected chi connectivity index (χ1v) is 11.3. The summed E-state index contributed by atoms with van der Waals surface area (Å²) in [5, 5.41) is 16.4. The van der Waals surface area contributed by atoms with E-state index in [1.807, 2.05) is 0 Å². The molecule has 0 bridgehead atoms. The summed E-state index contributed by atoms with van der Waals surface area (Å²) in [4.78, 5) is 22.8. The number of hydrazone groups is 1. The molecule has 0 saturated carbocycles. The largest absolute Gasteiger partial charge is 0.493 e. The zero-order valence-electron chi connectivity index (χ0n) is 18.5. The van der Waals surface area contributed by atoms with Crippen LogP contribution in [0.15, 0.2) is 64.1 Å². The number of nitro groups is 1. The van der Waals surface area contributed by atoms with E-state index in [9.17, 15) is 14.9 Å². The molecule has 1 heterocycles. The molecule has 4 aromatic rings. The van der Waals surface area contributed by atoms with Crippen LogP contribution in [0.3, 0.4) is 0 Å².